The summed E-state index contributed by atoms with van der Waals surface area (Å²) in [6.07, 6.45) is 51.8. The van der Waals surface area contributed by atoms with Crippen LogP contribution < -0.4 is 0 Å². The van der Waals surface area contributed by atoms with Crippen molar-refractivity contribution < 1.29 is 43.0 Å². The highest BCUT2D eigenvalue weighted by Gasteiger charge is 2.26. The van der Waals surface area contributed by atoms with Crippen molar-refractivity contribution in [3.63, 3.8) is 0 Å². The fraction of sp³-hybridized carbons (Fsp3) is 0.941. The molecule has 0 aliphatic carbocycles. The Balaban J connectivity index is 4.01. The summed E-state index contributed by atoms with van der Waals surface area (Å²) in [6, 6.07) is 0. The van der Waals surface area contributed by atoms with Gasteiger partial charge in [-0.05, 0) is 38.5 Å². The zero-order valence-corrected chi connectivity index (χ0v) is 41.1. The summed E-state index contributed by atoms with van der Waals surface area (Å²) >= 11 is 0. The second-order valence-corrected chi connectivity index (χ2v) is 19.4. The Morgan fingerprint density at radius 1 is 0.492 bits per heavy atom. The Kier molecular flexibility index (Phi) is 48.0. The number of unbranched alkanes of at least 4 members (excludes halogenated alkanes) is 35. The molecule has 0 rings (SSSR count). The van der Waals surface area contributed by atoms with E-state index in [-0.39, 0.29) is 25.6 Å². The average molecular weight is 889 g/mol. The lowest BCUT2D eigenvalue weighted by Crippen LogP contribution is -2.29. The number of esters is 1. The van der Waals surface area contributed by atoms with Crippen molar-refractivity contribution in [3.05, 3.63) is 12.2 Å². The van der Waals surface area contributed by atoms with Crippen LogP contribution in [0.3, 0.4) is 0 Å². The number of aliphatic hydroxyl groups is 2. The Bertz CT molecular complexity index is 964. The first kappa shape index (κ1) is 60.2. The first-order valence-corrected chi connectivity index (χ1v) is 27.7. The van der Waals surface area contributed by atoms with Crippen LogP contribution in [0.5, 0.6) is 0 Å². The number of allylic oxidation sites excluding steroid dienone is 2. The fourth-order valence-electron chi connectivity index (χ4n) is 7.71. The number of hydrogen-bond acceptors (Lipinski definition) is 8. The van der Waals surface area contributed by atoms with Crippen molar-refractivity contribution in [2.24, 2.45) is 0 Å². The van der Waals surface area contributed by atoms with Gasteiger partial charge in [-0.2, -0.15) is 0 Å². The van der Waals surface area contributed by atoms with E-state index >= 15 is 0 Å². The van der Waals surface area contributed by atoms with E-state index in [0.717, 1.165) is 32.1 Å². The predicted molar refractivity (Wildman–Crippen MR) is 256 cm³/mol. The molecule has 61 heavy (non-hydrogen) atoms. The maximum Gasteiger partial charge on any atom is 0.472 e. The van der Waals surface area contributed by atoms with E-state index in [1.807, 2.05) is 0 Å². The zero-order chi connectivity index (χ0) is 44.6. The molecule has 0 saturated carbocycles. The number of aliphatic hydroxyl groups excluding tert-OH is 2. The normalized spacial score (nSPS) is 13.9. The molecule has 0 radical (unpaired) electrons. The van der Waals surface area contributed by atoms with E-state index in [4.69, 9.17) is 23.6 Å². The van der Waals surface area contributed by atoms with Gasteiger partial charge in [0.2, 0.25) is 0 Å². The summed E-state index contributed by atoms with van der Waals surface area (Å²) in [4.78, 5) is 22.7. The van der Waals surface area contributed by atoms with Crippen molar-refractivity contribution in [1.29, 1.82) is 0 Å². The Morgan fingerprint density at radius 3 is 1.23 bits per heavy atom. The highest BCUT2D eigenvalue weighted by atomic mass is 31.2. The maximum absolute atomic E-state index is 12.7. The molecular formula is C51H101O9P. The van der Waals surface area contributed by atoms with Gasteiger partial charge in [0.05, 0.1) is 26.4 Å². The molecule has 0 aromatic carbocycles. The average Bonchev–Trinajstić information content (AvgIpc) is 3.25. The molecule has 0 spiro atoms. The van der Waals surface area contributed by atoms with Crippen molar-refractivity contribution in [1.82, 2.24) is 0 Å². The van der Waals surface area contributed by atoms with Gasteiger partial charge in [0.1, 0.15) is 12.2 Å². The Morgan fingerprint density at radius 2 is 0.836 bits per heavy atom. The summed E-state index contributed by atoms with van der Waals surface area (Å²) in [5.74, 6) is -0.376. The predicted octanol–water partition coefficient (Wildman–Crippen LogP) is 15.2. The second-order valence-electron chi connectivity index (χ2n) is 17.9. The van der Waals surface area contributed by atoms with Crippen LogP contribution >= 0.6 is 7.82 Å². The van der Waals surface area contributed by atoms with Gasteiger partial charge in [0, 0.05) is 13.0 Å². The number of phosphoric acid groups is 1. The van der Waals surface area contributed by atoms with Gasteiger partial charge in [0.25, 0.3) is 0 Å². The van der Waals surface area contributed by atoms with Crippen molar-refractivity contribution in [2.75, 3.05) is 33.0 Å². The van der Waals surface area contributed by atoms with E-state index in [0.29, 0.717) is 6.61 Å². The maximum atomic E-state index is 12.7. The smallest absolute Gasteiger partial charge is 0.457 e. The third-order valence-electron chi connectivity index (χ3n) is 11.7. The Hall–Kier alpha value is -0.800. The van der Waals surface area contributed by atoms with E-state index in [2.05, 4.69) is 26.0 Å². The third kappa shape index (κ3) is 48.5. The van der Waals surface area contributed by atoms with E-state index in [1.165, 1.54) is 212 Å². The van der Waals surface area contributed by atoms with E-state index in [1.54, 1.807) is 0 Å². The lowest BCUT2D eigenvalue weighted by molar-refractivity contribution is -0.154. The molecule has 0 fully saturated rings. The van der Waals surface area contributed by atoms with E-state index in [9.17, 15) is 19.4 Å². The SMILES string of the molecule is CCCCCCCCCC/C=C\CCCCCCCCCCCCCC(=O)OC(COCCCCCCCCCCCCCCCCCCC)COP(=O)(O)OCC(O)CO. The molecule has 0 aromatic heterocycles. The van der Waals surface area contributed by atoms with Crippen LogP contribution in [0.2, 0.25) is 0 Å². The van der Waals surface area contributed by atoms with Crippen LogP contribution in [-0.4, -0.2) is 66.3 Å². The first-order valence-electron chi connectivity index (χ1n) is 26.2. The molecule has 0 saturated heterocycles. The summed E-state index contributed by atoms with van der Waals surface area (Å²) in [5.41, 5.74) is 0. The van der Waals surface area contributed by atoms with Crippen LogP contribution in [-0.2, 0) is 27.9 Å². The van der Waals surface area contributed by atoms with E-state index < -0.39 is 33.2 Å². The highest BCUT2D eigenvalue weighted by molar-refractivity contribution is 7.47. The number of ether oxygens (including phenoxy) is 2. The van der Waals surface area contributed by atoms with Crippen molar-refractivity contribution >= 4 is 13.8 Å². The standard InChI is InChI=1S/C51H101O9P/c1-3-5-7-9-11-13-15-17-19-21-22-23-24-25-26-27-29-31-33-35-37-39-41-43-51(54)60-50(48-59-61(55,56)58-46-49(53)45-52)47-57-44-42-40-38-36-34-32-30-28-20-18-16-14-12-10-8-6-4-2/h21-22,49-50,52-53H,3-20,23-48H2,1-2H3,(H,55,56)/b22-21-. The minimum absolute atomic E-state index is 0.0559. The minimum Gasteiger partial charge on any atom is -0.457 e. The summed E-state index contributed by atoms with van der Waals surface area (Å²) < 4.78 is 33.5. The number of carbonyl (C=O) groups excluding carboxylic acids is 1. The number of rotatable bonds is 51. The molecule has 3 unspecified atom stereocenters. The molecule has 0 bridgehead atoms. The second kappa shape index (κ2) is 48.7. The topological polar surface area (TPSA) is 132 Å². The lowest BCUT2D eigenvalue weighted by atomic mass is 10.0. The minimum atomic E-state index is -4.52. The molecule has 10 heteroatoms. The van der Waals surface area contributed by atoms with Gasteiger partial charge in [-0.3, -0.25) is 13.8 Å². The van der Waals surface area contributed by atoms with Gasteiger partial charge < -0.3 is 24.6 Å². The first-order chi connectivity index (χ1) is 29.8. The number of hydrogen-bond donors (Lipinski definition) is 3. The molecule has 0 aromatic rings. The molecule has 3 N–H and O–H groups in total. The summed E-state index contributed by atoms with van der Waals surface area (Å²) in [7, 11) is -4.52. The monoisotopic (exact) mass is 889 g/mol. The molecule has 9 nitrogen and oxygen atoms in total. The van der Waals surface area contributed by atoms with Gasteiger partial charge in [-0.15, -0.1) is 0 Å². The Labute approximate surface area is 377 Å². The van der Waals surface area contributed by atoms with Crippen LogP contribution in [0.1, 0.15) is 264 Å². The number of phosphoric ester groups is 1. The van der Waals surface area contributed by atoms with Gasteiger partial charge in [-0.25, -0.2) is 4.57 Å². The summed E-state index contributed by atoms with van der Waals surface area (Å²) in [6.45, 7) is 3.59. The quantitative estimate of drug-likeness (QED) is 0.0236. The lowest BCUT2D eigenvalue weighted by Gasteiger charge is -2.20. The molecule has 0 heterocycles. The molecule has 364 valence electrons. The van der Waals surface area contributed by atoms with Crippen LogP contribution in [0, 0.1) is 0 Å². The van der Waals surface area contributed by atoms with Gasteiger partial charge in [0.15, 0.2) is 0 Å². The van der Waals surface area contributed by atoms with Crippen LogP contribution in [0.4, 0.5) is 0 Å². The van der Waals surface area contributed by atoms with Crippen molar-refractivity contribution in [3.8, 4) is 0 Å². The summed E-state index contributed by atoms with van der Waals surface area (Å²) in [5, 5.41) is 18.4. The third-order valence-corrected chi connectivity index (χ3v) is 12.7. The molecule has 0 amide bonds. The molecule has 0 aliphatic heterocycles. The molecule has 3 atom stereocenters. The van der Waals surface area contributed by atoms with Crippen LogP contribution in [0.15, 0.2) is 12.2 Å². The van der Waals surface area contributed by atoms with Gasteiger partial charge >= 0.3 is 13.8 Å². The zero-order valence-electron chi connectivity index (χ0n) is 40.2. The van der Waals surface area contributed by atoms with Crippen LogP contribution in [0.25, 0.3) is 0 Å². The van der Waals surface area contributed by atoms with Gasteiger partial charge in [-0.1, -0.05) is 231 Å². The highest BCUT2D eigenvalue weighted by Crippen LogP contribution is 2.43. The fourth-order valence-corrected chi connectivity index (χ4v) is 8.50. The largest absolute Gasteiger partial charge is 0.472 e. The van der Waals surface area contributed by atoms with Crippen molar-refractivity contribution in [2.45, 2.75) is 276 Å². The number of carbonyl (C=O) groups is 1. The molecule has 0 aliphatic rings. The molecular weight excluding hydrogens is 788 g/mol.